The molecule has 0 aliphatic carbocycles. The number of ether oxygens (including phenoxy) is 2. The molecule has 0 saturated carbocycles. The standard InChI is InChI=1S/C24H34ClNO5/c1-19-12-15-21(10-8-6-4-2-3-5-7-9-11-23(27)30-19)26-31-24(28)18-29-22-16-13-20(25)14-17-22/h13-14,16-17,19H,2-12,15,18H2,1H3/b26-21+. The molecule has 31 heavy (non-hydrogen) atoms. The first-order valence-corrected chi connectivity index (χ1v) is 11.7. The lowest BCUT2D eigenvalue weighted by atomic mass is 10.0. The third-order valence-electron chi connectivity index (χ3n) is 5.22. The summed E-state index contributed by atoms with van der Waals surface area (Å²) in [5.41, 5.74) is 0.815. The van der Waals surface area contributed by atoms with E-state index in [9.17, 15) is 9.59 Å². The Balaban J connectivity index is 1.84. The van der Waals surface area contributed by atoms with Gasteiger partial charge in [-0.05, 0) is 63.3 Å². The van der Waals surface area contributed by atoms with Crippen LogP contribution >= 0.6 is 11.6 Å². The topological polar surface area (TPSA) is 74.2 Å². The molecule has 1 aliphatic heterocycles. The van der Waals surface area contributed by atoms with Gasteiger partial charge in [0.1, 0.15) is 5.75 Å². The first kappa shape index (κ1) is 25.2. The van der Waals surface area contributed by atoms with Crippen LogP contribution in [0.4, 0.5) is 0 Å². The quantitative estimate of drug-likeness (QED) is 0.307. The zero-order valence-electron chi connectivity index (χ0n) is 18.4. The van der Waals surface area contributed by atoms with Crippen molar-refractivity contribution < 1.29 is 23.9 Å². The Labute approximate surface area is 190 Å². The minimum atomic E-state index is -0.561. The van der Waals surface area contributed by atoms with E-state index < -0.39 is 5.97 Å². The Bertz CT molecular complexity index is 704. The molecule has 0 amide bonds. The number of carbonyl (C=O) groups excluding carboxylic acids is 2. The van der Waals surface area contributed by atoms with Crippen molar-refractivity contribution in [3.63, 3.8) is 0 Å². The van der Waals surface area contributed by atoms with Crippen LogP contribution in [-0.4, -0.2) is 30.4 Å². The van der Waals surface area contributed by atoms with Crippen molar-refractivity contribution in [2.45, 2.75) is 90.1 Å². The highest BCUT2D eigenvalue weighted by molar-refractivity contribution is 6.30. The van der Waals surface area contributed by atoms with E-state index >= 15 is 0 Å². The molecule has 6 nitrogen and oxygen atoms in total. The summed E-state index contributed by atoms with van der Waals surface area (Å²) >= 11 is 5.83. The van der Waals surface area contributed by atoms with Crippen LogP contribution in [0.2, 0.25) is 5.02 Å². The van der Waals surface area contributed by atoms with Gasteiger partial charge in [-0.2, -0.15) is 0 Å². The molecule has 1 aromatic carbocycles. The van der Waals surface area contributed by atoms with Gasteiger partial charge in [0.25, 0.3) is 0 Å². The van der Waals surface area contributed by atoms with E-state index in [0.717, 1.165) is 37.8 Å². The fourth-order valence-electron chi connectivity index (χ4n) is 3.40. The van der Waals surface area contributed by atoms with Crippen LogP contribution in [0, 0.1) is 0 Å². The molecule has 1 saturated heterocycles. The van der Waals surface area contributed by atoms with Crippen molar-refractivity contribution in [3.05, 3.63) is 29.3 Å². The number of benzene rings is 1. The lowest BCUT2D eigenvalue weighted by molar-refractivity contribution is -0.148. The normalized spacial score (nSPS) is 21.3. The number of carbonyl (C=O) groups is 2. The van der Waals surface area contributed by atoms with Gasteiger partial charge in [0.05, 0.1) is 11.8 Å². The molecule has 172 valence electrons. The zero-order chi connectivity index (χ0) is 22.3. The molecule has 1 aliphatic rings. The van der Waals surface area contributed by atoms with E-state index in [2.05, 4.69) is 5.16 Å². The summed E-state index contributed by atoms with van der Waals surface area (Å²) in [5, 5.41) is 4.69. The van der Waals surface area contributed by atoms with Crippen molar-refractivity contribution in [2.75, 3.05) is 6.61 Å². The Morgan fingerprint density at radius 1 is 1.00 bits per heavy atom. The maximum atomic E-state index is 12.0. The van der Waals surface area contributed by atoms with Gasteiger partial charge in [0.2, 0.25) is 0 Å². The van der Waals surface area contributed by atoms with E-state index in [1.807, 2.05) is 6.92 Å². The molecule has 0 aromatic heterocycles. The monoisotopic (exact) mass is 451 g/mol. The predicted molar refractivity (Wildman–Crippen MR) is 121 cm³/mol. The molecule has 0 spiro atoms. The summed E-state index contributed by atoms with van der Waals surface area (Å²) in [5.74, 6) is -0.160. The van der Waals surface area contributed by atoms with Crippen LogP contribution in [0.25, 0.3) is 0 Å². The summed E-state index contributed by atoms with van der Waals surface area (Å²) < 4.78 is 10.9. The van der Waals surface area contributed by atoms with E-state index in [-0.39, 0.29) is 18.7 Å². The molecule has 0 bridgehead atoms. The largest absolute Gasteiger partial charge is 0.482 e. The van der Waals surface area contributed by atoms with Crippen molar-refractivity contribution in [1.29, 1.82) is 0 Å². The van der Waals surface area contributed by atoms with Gasteiger partial charge in [-0.25, -0.2) is 4.79 Å². The van der Waals surface area contributed by atoms with Crippen molar-refractivity contribution in [2.24, 2.45) is 5.16 Å². The Kier molecular flexibility index (Phi) is 12.1. The minimum Gasteiger partial charge on any atom is -0.482 e. The number of hydrogen-bond donors (Lipinski definition) is 0. The molecule has 1 fully saturated rings. The third kappa shape index (κ3) is 11.8. The van der Waals surface area contributed by atoms with Gasteiger partial charge in [-0.1, -0.05) is 55.3 Å². The molecule has 1 heterocycles. The van der Waals surface area contributed by atoms with E-state index in [0.29, 0.717) is 30.0 Å². The van der Waals surface area contributed by atoms with E-state index in [1.165, 1.54) is 25.7 Å². The van der Waals surface area contributed by atoms with E-state index in [1.54, 1.807) is 24.3 Å². The average molecular weight is 452 g/mol. The van der Waals surface area contributed by atoms with Gasteiger partial charge < -0.3 is 14.3 Å². The first-order chi connectivity index (χ1) is 15.0. The number of rotatable bonds is 4. The lowest BCUT2D eigenvalue weighted by Crippen LogP contribution is -2.17. The SMILES string of the molecule is CC1CC/C(=N/OC(=O)COc2ccc(Cl)cc2)CCCCCCCCCCC(=O)O1. The first-order valence-electron chi connectivity index (χ1n) is 11.4. The number of halogens is 1. The van der Waals surface area contributed by atoms with E-state index in [4.69, 9.17) is 25.9 Å². The Morgan fingerprint density at radius 2 is 1.61 bits per heavy atom. The Morgan fingerprint density at radius 3 is 2.29 bits per heavy atom. The third-order valence-corrected chi connectivity index (χ3v) is 5.47. The number of esters is 1. The van der Waals surface area contributed by atoms with Crippen LogP contribution in [0.15, 0.2) is 29.4 Å². The summed E-state index contributed by atoms with van der Waals surface area (Å²) in [4.78, 5) is 29.0. The molecule has 0 N–H and O–H groups in total. The minimum absolute atomic E-state index is 0.135. The maximum absolute atomic E-state index is 12.0. The molecule has 1 aromatic rings. The molecule has 1 atom stereocenters. The number of cyclic esters (lactones) is 1. The van der Waals surface area contributed by atoms with Gasteiger partial charge in [-0.3, -0.25) is 4.79 Å². The molecular formula is C24H34ClNO5. The molecular weight excluding hydrogens is 418 g/mol. The van der Waals surface area contributed by atoms with Crippen LogP contribution in [0.5, 0.6) is 5.75 Å². The average Bonchev–Trinajstić information content (AvgIpc) is 2.75. The smallest absolute Gasteiger partial charge is 0.372 e. The van der Waals surface area contributed by atoms with Crippen LogP contribution < -0.4 is 4.74 Å². The summed E-state index contributed by atoms with van der Waals surface area (Å²) in [6, 6.07) is 6.75. The van der Waals surface area contributed by atoms with Gasteiger partial charge in [0.15, 0.2) is 6.61 Å². The fraction of sp³-hybridized carbons (Fsp3) is 0.625. The number of nitrogens with zero attached hydrogens (tertiary/aromatic N) is 1. The van der Waals surface area contributed by atoms with Crippen molar-refractivity contribution >= 4 is 29.3 Å². The summed E-state index contributed by atoms with van der Waals surface area (Å²) in [6.45, 7) is 1.66. The zero-order valence-corrected chi connectivity index (χ0v) is 19.2. The van der Waals surface area contributed by atoms with Crippen LogP contribution in [0.1, 0.15) is 84.0 Å². The summed E-state index contributed by atoms with van der Waals surface area (Å²) in [7, 11) is 0. The highest BCUT2D eigenvalue weighted by Gasteiger charge is 2.13. The van der Waals surface area contributed by atoms with Gasteiger partial charge in [0, 0.05) is 11.4 Å². The second kappa shape index (κ2) is 14.8. The highest BCUT2D eigenvalue weighted by Crippen LogP contribution is 2.16. The molecule has 2 rings (SSSR count). The fourth-order valence-corrected chi connectivity index (χ4v) is 3.53. The van der Waals surface area contributed by atoms with Crippen LogP contribution in [-0.2, 0) is 19.2 Å². The molecule has 0 radical (unpaired) electrons. The lowest BCUT2D eigenvalue weighted by Gasteiger charge is -2.14. The van der Waals surface area contributed by atoms with Crippen LogP contribution in [0.3, 0.4) is 0 Å². The van der Waals surface area contributed by atoms with Crippen molar-refractivity contribution in [3.8, 4) is 5.75 Å². The second-order valence-electron chi connectivity index (χ2n) is 8.03. The van der Waals surface area contributed by atoms with Crippen molar-refractivity contribution in [1.82, 2.24) is 0 Å². The predicted octanol–water partition coefficient (Wildman–Crippen LogP) is 6.24. The summed E-state index contributed by atoms with van der Waals surface area (Å²) in [6.07, 6.45) is 11.3. The Hall–Kier alpha value is -2.08. The highest BCUT2D eigenvalue weighted by atomic mass is 35.5. The van der Waals surface area contributed by atoms with Gasteiger partial charge in [-0.15, -0.1) is 0 Å². The number of hydrogen-bond acceptors (Lipinski definition) is 6. The maximum Gasteiger partial charge on any atom is 0.372 e. The molecule has 7 heteroatoms. The van der Waals surface area contributed by atoms with Gasteiger partial charge >= 0.3 is 11.9 Å². The second-order valence-corrected chi connectivity index (χ2v) is 8.47. The molecule has 1 unspecified atom stereocenters. The number of oxime groups is 1.